The van der Waals surface area contributed by atoms with Crippen molar-refractivity contribution < 1.29 is 4.79 Å². The van der Waals surface area contributed by atoms with Crippen molar-refractivity contribution in [1.82, 2.24) is 30.4 Å². The summed E-state index contributed by atoms with van der Waals surface area (Å²) < 4.78 is 1.78. The molecule has 1 aromatic heterocycles. The molecule has 2 aliphatic heterocycles. The van der Waals surface area contributed by atoms with Crippen LogP contribution in [0.25, 0.3) is 0 Å². The van der Waals surface area contributed by atoms with Crippen LogP contribution in [-0.4, -0.2) is 63.9 Å². The van der Waals surface area contributed by atoms with Crippen LogP contribution in [0.4, 0.5) is 10.7 Å². The normalized spacial score (nSPS) is 21.8. The number of nitrogens with zero attached hydrogens (tertiary/aromatic N) is 6. The molecule has 0 aliphatic carbocycles. The lowest BCUT2D eigenvalue weighted by Crippen LogP contribution is -2.38. The molecule has 2 saturated heterocycles. The van der Waals surface area contributed by atoms with E-state index in [0.29, 0.717) is 25.6 Å². The highest BCUT2D eigenvalue weighted by molar-refractivity contribution is 5.76. The van der Waals surface area contributed by atoms with Gasteiger partial charge in [-0.1, -0.05) is 5.10 Å². The molecule has 3 rings (SSSR count). The summed E-state index contributed by atoms with van der Waals surface area (Å²) in [5.74, 6) is 4.04. The van der Waals surface area contributed by atoms with E-state index in [4.69, 9.17) is 6.42 Å². The maximum Gasteiger partial charge on any atom is 0.317 e. The fourth-order valence-electron chi connectivity index (χ4n) is 3.09. The van der Waals surface area contributed by atoms with Crippen LogP contribution in [-0.2, 0) is 6.54 Å². The maximum atomic E-state index is 11.6. The van der Waals surface area contributed by atoms with Crippen molar-refractivity contribution in [2.45, 2.75) is 25.8 Å². The highest BCUT2D eigenvalue weighted by Gasteiger charge is 2.24. The molecule has 0 saturated carbocycles. The average molecular weight is 303 g/mol. The number of tetrazole rings is 1. The number of aromatic nitrogens is 4. The predicted octanol–water partition coefficient (Wildman–Crippen LogP) is -0.0620. The Labute approximate surface area is 129 Å². The van der Waals surface area contributed by atoms with Gasteiger partial charge in [-0.25, -0.2) is 9.48 Å². The Morgan fingerprint density at radius 3 is 3.05 bits per heavy atom. The number of amides is 2. The summed E-state index contributed by atoms with van der Waals surface area (Å²) in [6.07, 6.45) is 8.49. The monoisotopic (exact) mass is 303 g/mol. The van der Waals surface area contributed by atoms with Gasteiger partial charge in [-0.3, -0.25) is 0 Å². The molecule has 1 atom stereocenters. The first-order valence-electron chi connectivity index (χ1n) is 7.75. The van der Waals surface area contributed by atoms with Crippen LogP contribution in [0.3, 0.4) is 0 Å². The van der Waals surface area contributed by atoms with Crippen molar-refractivity contribution in [1.29, 1.82) is 0 Å². The summed E-state index contributed by atoms with van der Waals surface area (Å²) in [5.41, 5.74) is 0. The number of hydrogen-bond donors (Lipinski definition) is 1. The van der Waals surface area contributed by atoms with Crippen LogP contribution in [0.2, 0.25) is 0 Å². The van der Waals surface area contributed by atoms with Crippen LogP contribution in [0.1, 0.15) is 19.3 Å². The van der Waals surface area contributed by atoms with Gasteiger partial charge in [0.2, 0.25) is 5.95 Å². The molecule has 0 bridgehead atoms. The molecule has 8 heteroatoms. The topological polar surface area (TPSA) is 79.2 Å². The minimum Gasteiger partial charge on any atom is -0.339 e. The van der Waals surface area contributed by atoms with Crippen LogP contribution < -0.4 is 10.2 Å². The standard InChI is InChI=1S/C14H21N7O/c1-2-4-12-5-3-7-20(11-12)13-16-17-18-21(13)10-9-19-8-6-15-14(19)22/h1,12H,3-11H2,(H,15,22). The number of carbonyl (C=O) groups is 1. The second-order valence-corrected chi connectivity index (χ2v) is 5.78. The highest BCUT2D eigenvalue weighted by Crippen LogP contribution is 2.22. The van der Waals surface area contributed by atoms with Crippen molar-refractivity contribution in [2.75, 3.05) is 37.6 Å². The molecule has 2 aliphatic rings. The van der Waals surface area contributed by atoms with Crippen molar-refractivity contribution in [3.05, 3.63) is 0 Å². The van der Waals surface area contributed by atoms with Gasteiger partial charge in [0.25, 0.3) is 0 Å². The van der Waals surface area contributed by atoms with Gasteiger partial charge >= 0.3 is 6.03 Å². The lowest BCUT2D eigenvalue weighted by atomic mass is 9.95. The summed E-state index contributed by atoms with van der Waals surface area (Å²) in [7, 11) is 0. The first-order chi connectivity index (χ1) is 10.8. The number of piperidine rings is 1. The number of rotatable bonds is 5. The summed E-state index contributed by atoms with van der Waals surface area (Å²) >= 11 is 0. The molecule has 0 aromatic carbocycles. The fraction of sp³-hybridized carbons (Fsp3) is 0.714. The minimum atomic E-state index is -0.0123. The quantitative estimate of drug-likeness (QED) is 0.771. The van der Waals surface area contributed by atoms with Crippen molar-refractivity contribution in [2.24, 2.45) is 5.92 Å². The molecular formula is C14H21N7O. The Morgan fingerprint density at radius 2 is 2.27 bits per heavy atom. The molecule has 1 N–H and O–H groups in total. The average Bonchev–Trinajstić information content (AvgIpc) is 3.14. The third kappa shape index (κ3) is 3.13. The number of urea groups is 1. The van der Waals surface area contributed by atoms with Gasteiger partial charge in [0, 0.05) is 39.1 Å². The van der Waals surface area contributed by atoms with Gasteiger partial charge in [-0.05, 0) is 29.2 Å². The zero-order valence-corrected chi connectivity index (χ0v) is 12.6. The zero-order valence-electron chi connectivity index (χ0n) is 12.6. The SMILES string of the molecule is C#CCC1CCCN(c2nnnn2CCN2CCNC2=O)C1. The molecule has 1 unspecified atom stereocenters. The van der Waals surface area contributed by atoms with Gasteiger partial charge in [-0.15, -0.1) is 12.3 Å². The molecule has 8 nitrogen and oxygen atoms in total. The van der Waals surface area contributed by atoms with E-state index in [0.717, 1.165) is 44.8 Å². The Kier molecular flexibility index (Phi) is 4.42. The Hall–Kier alpha value is -2.30. The number of anilines is 1. The Balaban J connectivity index is 1.61. The largest absolute Gasteiger partial charge is 0.339 e. The summed E-state index contributed by atoms with van der Waals surface area (Å²) in [6.45, 7) is 4.52. The van der Waals surface area contributed by atoms with E-state index in [-0.39, 0.29) is 6.03 Å². The van der Waals surface area contributed by atoms with Crippen molar-refractivity contribution >= 4 is 12.0 Å². The van der Waals surface area contributed by atoms with Crippen molar-refractivity contribution in [3.63, 3.8) is 0 Å². The van der Waals surface area contributed by atoms with Crippen LogP contribution in [0, 0.1) is 18.3 Å². The van der Waals surface area contributed by atoms with E-state index in [1.54, 1.807) is 9.58 Å². The molecule has 2 fully saturated rings. The molecule has 1 aromatic rings. The number of hydrogen-bond acceptors (Lipinski definition) is 5. The van der Waals surface area contributed by atoms with Gasteiger partial charge < -0.3 is 15.1 Å². The van der Waals surface area contributed by atoms with Gasteiger partial charge in [0.05, 0.1) is 6.54 Å². The lowest BCUT2D eigenvalue weighted by molar-refractivity contribution is 0.215. The third-order valence-corrected chi connectivity index (χ3v) is 4.25. The first kappa shape index (κ1) is 14.6. The molecule has 0 spiro atoms. The van der Waals surface area contributed by atoms with Crippen LogP contribution in [0.15, 0.2) is 0 Å². The smallest absolute Gasteiger partial charge is 0.317 e. The van der Waals surface area contributed by atoms with Crippen LogP contribution >= 0.6 is 0 Å². The first-order valence-corrected chi connectivity index (χ1v) is 7.75. The molecule has 0 radical (unpaired) electrons. The van der Waals surface area contributed by atoms with Gasteiger partial charge in [0.15, 0.2) is 0 Å². The second-order valence-electron chi connectivity index (χ2n) is 5.78. The molecule has 2 amide bonds. The summed E-state index contributed by atoms with van der Waals surface area (Å²) in [5, 5.41) is 14.8. The fourth-order valence-corrected chi connectivity index (χ4v) is 3.09. The van der Waals surface area contributed by atoms with E-state index in [1.807, 2.05) is 0 Å². The van der Waals surface area contributed by atoms with E-state index in [1.165, 1.54) is 0 Å². The van der Waals surface area contributed by atoms with Gasteiger partial charge in [0.1, 0.15) is 0 Å². The number of carbonyl (C=O) groups excluding carboxylic acids is 1. The lowest BCUT2D eigenvalue weighted by Gasteiger charge is -2.32. The van der Waals surface area contributed by atoms with E-state index < -0.39 is 0 Å². The number of terminal acetylenes is 1. The summed E-state index contributed by atoms with van der Waals surface area (Å²) in [6, 6.07) is -0.0123. The Morgan fingerprint density at radius 1 is 1.36 bits per heavy atom. The predicted molar refractivity (Wildman–Crippen MR) is 81.2 cm³/mol. The van der Waals surface area contributed by atoms with Crippen molar-refractivity contribution in [3.8, 4) is 12.3 Å². The second kappa shape index (κ2) is 6.64. The van der Waals surface area contributed by atoms with Crippen LogP contribution in [0.5, 0.6) is 0 Å². The Bertz CT molecular complexity index is 564. The zero-order chi connectivity index (χ0) is 15.4. The number of nitrogens with one attached hydrogen (secondary N) is 1. The minimum absolute atomic E-state index is 0.0123. The molecule has 22 heavy (non-hydrogen) atoms. The maximum absolute atomic E-state index is 11.6. The molecule has 118 valence electrons. The summed E-state index contributed by atoms with van der Waals surface area (Å²) in [4.78, 5) is 15.5. The molecular weight excluding hydrogens is 282 g/mol. The van der Waals surface area contributed by atoms with E-state index in [2.05, 4.69) is 31.7 Å². The third-order valence-electron chi connectivity index (χ3n) is 4.25. The van der Waals surface area contributed by atoms with Gasteiger partial charge in [-0.2, -0.15) is 0 Å². The highest BCUT2D eigenvalue weighted by atomic mass is 16.2. The van der Waals surface area contributed by atoms with E-state index >= 15 is 0 Å². The van der Waals surface area contributed by atoms with E-state index in [9.17, 15) is 4.79 Å². The molecule has 3 heterocycles.